The fourth-order valence-corrected chi connectivity index (χ4v) is 3.57. The summed E-state index contributed by atoms with van der Waals surface area (Å²) in [6, 6.07) is 6.31. The topological polar surface area (TPSA) is 9.23 Å². The highest BCUT2D eigenvalue weighted by Gasteiger charge is 2.22. The molecule has 0 aliphatic carbocycles. The third-order valence-corrected chi connectivity index (χ3v) is 3.71. The van der Waals surface area contributed by atoms with Gasteiger partial charge in [0.1, 0.15) is 5.75 Å². The summed E-state index contributed by atoms with van der Waals surface area (Å²) in [5.74, 6) is 1.08. The molecule has 3 heteroatoms. The van der Waals surface area contributed by atoms with Gasteiger partial charge in [-0.3, -0.25) is 0 Å². The Kier molecular flexibility index (Phi) is 4.23. The minimum atomic E-state index is -1.02. The van der Waals surface area contributed by atoms with Crippen LogP contribution in [0.2, 0.25) is 13.1 Å². The second kappa shape index (κ2) is 4.87. The fraction of sp³-hybridized carbons (Fsp3) is 0.500. The molecule has 0 aliphatic rings. The van der Waals surface area contributed by atoms with Crippen LogP contribution in [0.3, 0.4) is 0 Å². The van der Waals surface area contributed by atoms with E-state index in [0.29, 0.717) is 0 Å². The first-order valence-corrected chi connectivity index (χ1v) is 9.14. The molecule has 0 saturated heterocycles. The lowest BCUT2D eigenvalue weighted by atomic mass is 9.86. The van der Waals surface area contributed by atoms with Gasteiger partial charge >= 0.3 is 0 Å². The minimum absolute atomic E-state index is 0.149. The van der Waals surface area contributed by atoms with Gasteiger partial charge in [-0.05, 0) is 53.2 Å². The Balaban J connectivity index is 3.21. The van der Waals surface area contributed by atoms with Crippen molar-refractivity contribution >= 4 is 31.6 Å². The summed E-state index contributed by atoms with van der Waals surface area (Å²) in [6.07, 6.45) is 0. The van der Waals surface area contributed by atoms with Gasteiger partial charge in [-0.1, -0.05) is 26.8 Å². The van der Waals surface area contributed by atoms with E-state index >= 15 is 0 Å². The molecule has 0 radical (unpaired) electrons. The van der Waals surface area contributed by atoms with Crippen LogP contribution in [0.15, 0.2) is 18.2 Å². The molecule has 0 spiro atoms. The molecule has 0 fully saturated rings. The van der Waals surface area contributed by atoms with Crippen molar-refractivity contribution in [2.45, 2.75) is 39.3 Å². The average molecular weight is 334 g/mol. The van der Waals surface area contributed by atoms with Crippen LogP contribution < -0.4 is 4.43 Å². The number of hydrogen-bond acceptors (Lipinski definition) is 1. The first-order valence-electron chi connectivity index (χ1n) is 5.28. The van der Waals surface area contributed by atoms with E-state index in [-0.39, 0.29) is 5.41 Å². The summed E-state index contributed by atoms with van der Waals surface area (Å²) in [5.41, 5.74) is 1.49. The molecule has 0 atom stereocenters. The quantitative estimate of drug-likeness (QED) is 0.588. The van der Waals surface area contributed by atoms with Gasteiger partial charge in [-0.25, -0.2) is 0 Å². The Morgan fingerprint density at radius 3 is 2.27 bits per heavy atom. The summed E-state index contributed by atoms with van der Waals surface area (Å²) in [5, 5.41) is 0. The maximum atomic E-state index is 5.99. The Labute approximate surface area is 108 Å². The van der Waals surface area contributed by atoms with Crippen molar-refractivity contribution < 1.29 is 4.43 Å². The van der Waals surface area contributed by atoms with Crippen LogP contribution in [-0.2, 0) is 5.41 Å². The normalized spacial score (nSPS) is 11.9. The molecule has 0 N–H and O–H groups in total. The van der Waals surface area contributed by atoms with Crippen molar-refractivity contribution in [3.63, 3.8) is 0 Å². The van der Waals surface area contributed by atoms with E-state index in [1.54, 1.807) is 0 Å². The van der Waals surface area contributed by atoms with Crippen molar-refractivity contribution in [2.75, 3.05) is 0 Å². The van der Waals surface area contributed by atoms with Gasteiger partial charge in [0, 0.05) is 9.13 Å². The van der Waals surface area contributed by atoms with Crippen LogP contribution in [0.25, 0.3) is 0 Å². The van der Waals surface area contributed by atoms with Crippen LogP contribution in [0.4, 0.5) is 0 Å². The Bertz CT molecular complexity index is 342. The zero-order valence-corrected chi connectivity index (χ0v) is 13.4. The minimum Gasteiger partial charge on any atom is -0.547 e. The molecule has 1 nitrogen and oxygen atoms in total. The first-order chi connectivity index (χ1) is 6.82. The summed E-state index contributed by atoms with van der Waals surface area (Å²) < 4.78 is 7.29. The lowest BCUT2D eigenvalue weighted by molar-refractivity contribution is 0.518. The highest BCUT2D eigenvalue weighted by Crippen LogP contribution is 2.35. The maximum Gasteiger partial charge on any atom is 0.229 e. The van der Waals surface area contributed by atoms with Crippen LogP contribution >= 0.6 is 22.6 Å². The molecule has 0 aromatic heterocycles. The maximum absolute atomic E-state index is 5.99. The van der Waals surface area contributed by atoms with E-state index in [4.69, 9.17) is 4.43 Å². The molecule has 1 aromatic rings. The Hall–Kier alpha value is -0.0331. The largest absolute Gasteiger partial charge is 0.547 e. The van der Waals surface area contributed by atoms with E-state index in [1.807, 2.05) is 0 Å². The standard InChI is InChI=1S/C12H19IOSi/c1-12(2,3)11-9(13)7-6-8-10(11)14-15(4)5/h6-8,15H,1-5H3. The van der Waals surface area contributed by atoms with Crippen molar-refractivity contribution in [1.29, 1.82) is 0 Å². The van der Waals surface area contributed by atoms with Crippen LogP contribution in [0.5, 0.6) is 5.75 Å². The zero-order valence-electron chi connectivity index (χ0n) is 10.1. The lowest BCUT2D eigenvalue weighted by Crippen LogP contribution is -2.19. The number of benzene rings is 1. The highest BCUT2D eigenvalue weighted by atomic mass is 127. The zero-order chi connectivity index (χ0) is 11.6. The van der Waals surface area contributed by atoms with Crippen molar-refractivity contribution in [2.24, 2.45) is 0 Å². The van der Waals surface area contributed by atoms with Crippen molar-refractivity contribution in [1.82, 2.24) is 0 Å². The lowest BCUT2D eigenvalue weighted by Gasteiger charge is -2.25. The predicted molar refractivity (Wildman–Crippen MR) is 77.4 cm³/mol. The highest BCUT2D eigenvalue weighted by molar-refractivity contribution is 14.1. The molecule has 1 rings (SSSR count). The summed E-state index contributed by atoms with van der Waals surface area (Å²) in [4.78, 5) is 0. The molecule has 1 aromatic carbocycles. The average Bonchev–Trinajstić information content (AvgIpc) is 1.99. The Morgan fingerprint density at radius 2 is 1.80 bits per heavy atom. The van der Waals surface area contributed by atoms with E-state index in [2.05, 4.69) is 74.7 Å². The smallest absolute Gasteiger partial charge is 0.229 e. The second-order valence-electron chi connectivity index (χ2n) is 5.03. The molecule has 15 heavy (non-hydrogen) atoms. The van der Waals surface area contributed by atoms with Gasteiger partial charge in [-0.15, -0.1) is 0 Å². The van der Waals surface area contributed by atoms with Gasteiger partial charge in [-0.2, -0.15) is 0 Å². The summed E-state index contributed by atoms with van der Waals surface area (Å²) in [6.45, 7) is 11.1. The first kappa shape index (κ1) is 13.0. The number of halogens is 1. The van der Waals surface area contributed by atoms with Gasteiger partial charge in [0.2, 0.25) is 9.04 Å². The Morgan fingerprint density at radius 1 is 1.20 bits per heavy atom. The van der Waals surface area contributed by atoms with Gasteiger partial charge in [0.05, 0.1) is 0 Å². The van der Waals surface area contributed by atoms with Gasteiger partial charge < -0.3 is 4.43 Å². The molecular formula is C12H19IOSi. The summed E-state index contributed by atoms with van der Waals surface area (Å²) in [7, 11) is -1.02. The van der Waals surface area contributed by atoms with E-state index in [1.165, 1.54) is 9.13 Å². The molecule has 0 unspecified atom stereocenters. The van der Waals surface area contributed by atoms with E-state index in [9.17, 15) is 0 Å². The third kappa shape index (κ3) is 3.48. The fourth-order valence-electron chi connectivity index (χ4n) is 1.58. The predicted octanol–water partition coefficient (Wildman–Crippen LogP) is 3.95. The van der Waals surface area contributed by atoms with Crippen molar-refractivity contribution in [3.05, 3.63) is 27.3 Å². The monoisotopic (exact) mass is 334 g/mol. The van der Waals surface area contributed by atoms with Crippen LogP contribution in [0, 0.1) is 3.57 Å². The molecule has 0 aliphatic heterocycles. The third-order valence-electron chi connectivity index (χ3n) is 2.09. The summed E-state index contributed by atoms with van der Waals surface area (Å²) >= 11 is 2.39. The number of rotatable bonds is 2. The molecule has 84 valence electrons. The van der Waals surface area contributed by atoms with Gasteiger partial charge in [0.25, 0.3) is 0 Å². The number of hydrogen-bond donors (Lipinski definition) is 0. The van der Waals surface area contributed by atoms with Crippen molar-refractivity contribution in [3.8, 4) is 5.75 Å². The van der Waals surface area contributed by atoms with Crippen LogP contribution in [-0.4, -0.2) is 9.04 Å². The SMILES string of the molecule is C[SiH](C)Oc1cccc(I)c1C(C)(C)C. The molecular weight excluding hydrogens is 315 g/mol. The van der Waals surface area contributed by atoms with Gasteiger partial charge in [0.15, 0.2) is 0 Å². The molecule has 0 amide bonds. The van der Waals surface area contributed by atoms with E-state index in [0.717, 1.165) is 5.75 Å². The molecule has 0 bridgehead atoms. The van der Waals surface area contributed by atoms with Crippen LogP contribution in [0.1, 0.15) is 26.3 Å². The van der Waals surface area contributed by atoms with E-state index < -0.39 is 9.04 Å². The second-order valence-corrected chi connectivity index (χ2v) is 8.52. The molecule has 0 saturated carbocycles. The molecule has 0 heterocycles.